The highest BCUT2D eigenvalue weighted by molar-refractivity contribution is 7.80. The van der Waals surface area contributed by atoms with Crippen LogP contribution in [-0.2, 0) is 17.6 Å². The molecule has 1 atom stereocenters. The number of thiophene rings is 1. The van der Waals surface area contributed by atoms with Crippen LogP contribution < -0.4 is 15.4 Å². The molecule has 0 saturated carbocycles. The number of rotatable bonds is 5. The van der Waals surface area contributed by atoms with Gasteiger partial charge in [0.25, 0.3) is 0 Å². The Balaban J connectivity index is 1.74. The van der Waals surface area contributed by atoms with E-state index < -0.39 is 0 Å². The molecule has 1 aromatic carbocycles. The molecule has 0 saturated heterocycles. The Morgan fingerprint density at radius 3 is 2.54 bits per heavy atom. The SMILES string of the molecule is COC(=O)c1c(NC(=S)NC(C)c2ccc(OC)cc2)sc2c1CCCCC2. The summed E-state index contributed by atoms with van der Waals surface area (Å²) in [5.41, 5.74) is 2.87. The summed E-state index contributed by atoms with van der Waals surface area (Å²) < 4.78 is 10.3. The van der Waals surface area contributed by atoms with E-state index in [0.29, 0.717) is 10.7 Å². The van der Waals surface area contributed by atoms with Crippen LogP contribution in [0.3, 0.4) is 0 Å². The quantitative estimate of drug-likeness (QED) is 0.411. The van der Waals surface area contributed by atoms with Gasteiger partial charge in [0.15, 0.2) is 5.11 Å². The fraction of sp³-hybridized carbons (Fsp3) is 0.429. The number of carbonyl (C=O) groups excluding carboxylic acids is 1. The van der Waals surface area contributed by atoms with E-state index in [4.69, 9.17) is 21.7 Å². The number of methoxy groups -OCH3 is 2. The molecule has 1 heterocycles. The number of thiocarbonyl (C=S) groups is 1. The van der Waals surface area contributed by atoms with E-state index in [1.54, 1.807) is 18.4 Å². The average molecular weight is 419 g/mol. The maximum absolute atomic E-state index is 12.4. The number of esters is 1. The van der Waals surface area contributed by atoms with E-state index >= 15 is 0 Å². The van der Waals surface area contributed by atoms with Gasteiger partial charge in [-0.2, -0.15) is 0 Å². The van der Waals surface area contributed by atoms with Crippen molar-refractivity contribution in [2.24, 2.45) is 0 Å². The summed E-state index contributed by atoms with van der Waals surface area (Å²) in [5, 5.41) is 7.80. The highest BCUT2D eigenvalue weighted by Gasteiger charge is 2.26. The van der Waals surface area contributed by atoms with Crippen molar-refractivity contribution < 1.29 is 14.3 Å². The molecule has 3 rings (SSSR count). The molecule has 0 bridgehead atoms. The van der Waals surface area contributed by atoms with Crippen LogP contribution in [0.15, 0.2) is 24.3 Å². The smallest absolute Gasteiger partial charge is 0.341 e. The third kappa shape index (κ3) is 4.64. The zero-order valence-electron chi connectivity index (χ0n) is 16.5. The van der Waals surface area contributed by atoms with Gasteiger partial charge in [0.2, 0.25) is 0 Å². The van der Waals surface area contributed by atoms with Gasteiger partial charge in [0, 0.05) is 4.88 Å². The Morgan fingerprint density at radius 1 is 1.14 bits per heavy atom. The van der Waals surface area contributed by atoms with Crippen molar-refractivity contribution in [1.82, 2.24) is 5.32 Å². The minimum Gasteiger partial charge on any atom is -0.497 e. The molecule has 2 N–H and O–H groups in total. The van der Waals surface area contributed by atoms with Crippen LogP contribution in [0.25, 0.3) is 0 Å². The molecule has 1 aliphatic rings. The Bertz CT molecular complexity index is 846. The van der Waals surface area contributed by atoms with Gasteiger partial charge in [-0.1, -0.05) is 18.6 Å². The van der Waals surface area contributed by atoms with Crippen LogP contribution in [0.4, 0.5) is 5.00 Å². The molecular weight excluding hydrogens is 392 g/mol. The van der Waals surface area contributed by atoms with Gasteiger partial charge in [0.05, 0.1) is 25.8 Å². The lowest BCUT2D eigenvalue weighted by Gasteiger charge is -2.17. The van der Waals surface area contributed by atoms with Gasteiger partial charge >= 0.3 is 5.97 Å². The topological polar surface area (TPSA) is 59.6 Å². The molecule has 1 aromatic heterocycles. The molecule has 28 heavy (non-hydrogen) atoms. The summed E-state index contributed by atoms with van der Waals surface area (Å²) in [6.45, 7) is 2.04. The van der Waals surface area contributed by atoms with Crippen molar-refractivity contribution in [3.63, 3.8) is 0 Å². The van der Waals surface area contributed by atoms with E-state index in [2.05, 4.69) is 10.6 Å². The molecule has 0 radical (unpaired) electrons. The van der Waals surface area contributed by atoms with Gasteiger partial charge in [-0.05, 0) is 68.1 Å². The number of aryl methyl sites for hydroxylation is 1. The first-order valence-corrected chi connectivity index (χ1v) is 10.7. The van der Waals surface area contributed by atoms with Gasteiger partial charge in [-0.3, -0.25) is 0 Å². The number of ether oxygens (including phenoxy) is 2. The minimum atomic E-state index is -0.298. The summed E-state index contributed by atoms with van der Waals surface area (Å²) in [7, 11) is 3.08. The van der Waals surface area contributed by atoms with E-state index in [1.807, 2.05) is 31.2 Å². The van der Waals surface area contributed by atoms with Crippen molar-refractivity contribution in [2.45, 2.75) is 45.1 Å². The number of hydrogen-bond acceptors (Lipinski definition) is 5. The summed E-state index contributed by atoms with van der Waals surface area (Å²) in [5.74, 6) is 0.521. The first kappa shape index (κ1) is 20.6. The van der Waals surface area contributed by atoms with Crippen LogP contribution in [-0.4, -0.2) is 25.3 Å². The molecule has 7 heteroatoms. The van der Waals surface area contributed by atoms with Gasteiger partial charge < -0.3 is 20.1 Å². The highest BCUT2D eigenvalue weighted by atomic mass is 32.1. The van der Waals surface area contributed by atoms with Crippen molar-refractivity contribution in [2.75, 3.05) is 19.5 Å². The van der Waals surface area contributed by atoms with E-state index in [1.165, 1.54) is 18.4 Å². The van der Waals surface area contributed by atoms with E-state index in [9.17, 15) is 4.79 Å². The number of fused-ring (bicyclic) bond motifs is 1. The fourth-order valence-corrected chi connectivity index (χ4v) is 5.09. The predicted octanol–water partition coefficient (Wildman–Crippen LogP) is 4.86. The number of hydrogen-bond donors (Lipinski definition) is 2. The summed E-state index contributed by atoms with van der Waals surface area (Å²) >= 11 is 7.14. The summed E-state index contributed by atoms with van der Waals surface area (Å²) in [6, 6.07) is 7.88. The van der Waals surface area contributed by atoms with Crippen LogP contribution in [0.2, 0.25) is 0 Å². The number of nitrogens with one attached hydrogen (secondary N) is 2. The number of benzene rings is 1. The Labute approximate surface area is 175 Å². The van der Waals surface area contributed by atoms with Crippen molar-refractivity contribution in [1.29, 1.82) is 0 Å². The van der Waals surface area contributed by atoms with Gasteiger partial charge in [-0.15, -0.1) is 11.3 Å². The van der Waals surface area contributed by atoms with E-state index in [0.717, 1.165) is 47.6 Å². The van der Waals surface area contributed by atoms with Crippen LogP contribution in [0.1, 0.15) is 58.6 Å². The molecule has 0 spiro atoms. The fourth-order valence-electron chi connectivity index (χ4n) is 3.46. The zero-order chi connectivity index (χ0) is 20.1. The Kier molecular flexibility index (Phi) is 6.91. The molecular formula is C21H26N2O3S2. The number of anilines is 1. The van der Waals surface area contributed by atoms with Crippen LogP contribution >= 0.6 is 23.6 Å². The Hall–Kier alpha value is -2.12. The maximum Gasteiger partial charge on any atom is 0.341 e. The molecule has 5 nitrogen and oxygen atoms in total. The Morgan fingerprint density at radius 2 is 1.86 bits per heavy atom. The molecule has 0 aliphatic heterocycles. The normalized spacial score (nSPS) is 14.4. The van der Waals surface area contributed by atoms with Crippen LogP contribution in [0, 0.1) is 0 Å². The molecule has 0 fully saturated rings. The molecule has 0 amide bonds. The summed E-state index contributed by atoms with van der Waals surface area (Å²) in [6.07, 6.45) is 5.38. The second kappa shape index (κ2) is 9.39. The monoisotopic (exact) mass is 418 g/mol. The van der Waals surface area contributed by atoms with Crippen LogP contribution in [0.5, 0.6) is 5.75 Å². The largest absolute Gasteiger partial charge is 0.497 e. The third-order valence-corrected chi connectivity index (χ3v) is 6.43. The lowest BCUT2D eigenvalue weighted by Crippen LogP contribution is -2.31. The standard InChI is InChI=1S/C21H26N2O3S2/c1-13(14-9-11-15(25-2)12-10-14)22-21(27)23-19-18(20(24)26-3)16-7-5-4-6-8-17(16)28-19/h9-13H,4-8H2,1-3H3,(H2,22,23,27). The van der Waals surface area contributed by atoms with Gasteiger partial charge in [0.1, 0.15) is 10.8 Å². The average Bonchev–Trinajstić information content (AvgIpc) is 2.87. The first-order chi connectivity index (χ1) is 13.5. The second-order valence-corrected chi connectivity index (χ2v) is 8.37. The van der Waals surface area contributed by atoms with E-state index in [-0.39, 0.29) is 12.0 Å². The lowest BCUT2D eigenvalue weighted by atomic mass is 10.1. The molecule has 1 aliphatic carbocycles. The lowest BCUT2D eigenvalue weighted by molar-refractivity contribution is 0.0601. The molecule has 150 valence electrons. The third-order valence-electron chi connectivity index (χ3n) is 5.00. The molecule has 2 aromatic rings. The maximum atomic E-state index is 12.4. The van der Waals surface area contributed by atoms with Crippen molar-refractivity contribution in [3.05, 3.63) is 45.8 Å². The zero-order valence-corrected chi connectivity index (χ0v) is 18.1. The second-order valence-electron chi connectivity index (χ2n) is 6.85. The summed E-state index contributed by atoms with van der Waals surface area (Å²) in [4.78, 5) is 13.7. The van der Waals surface area contributed by atoms with Gasteiger partial charge in [-0.25, -0.2) is 4.79 Å². The number of carbonyl (C=O) groups is 1. The van der Waals surface area contributed by atoms with Crippen molar-refractivity contribution >= 4 is 39.6 Å². The van der Waals surface area contributed by atoms with Crippen molar-refractivity contribution in [3.8, 4) is 5.75 Å². The minimum absolute atomic E-state index is 0.0188. The predicted molar refractivity (Wildman–Crippen MR) is 118 cm³/mol. The highest BCUT2D eigenvalue weighted by Crippen LogP contribution is 2.38. The first-order valence-electron chi connectivity index (χ1n) is 9.47. The molecule has 1 unspecified atom stereocenters.